The molecule has 0 aliphatic carbocycles. The van der Waals surface area contributed by atoms with Crippen LogP contribution in [0.4, 0.5) is 0 Å². The standard InChI is InChI=1S/C20H27N3O3/c1-13(2)16-5-6-17(19(24)11-16)20(25)23-9-7-22(8-10-23)12-18-14(3)21-26-15(18)4/h5-6,11,13,24H,7-10,12H2,1-4H3. The predicted octanol–water partition coefficient (Wildman–Crippen LogP) is 3.08. The monoisotopic (exact) mass is 357 g/mol. The first-order valence-electron chi connectivity index (χ1n) is 9.13. The van der Waals surface area contributed by atoms with Gasteiger partial charge >= 0.3 is 0 Å². The Morgan fingerprint density at radius 2 is 1.92 bits per heavy atom. The minimum atomic E-state index is -0.102. The molecule has 2 aromatic rings. The van der Waals surface area contributed by atoms with Crippen LogP contribution in [0, 0.1) is 13.8 Å². The van der Waals surface area contributed by atoms with E-state index in [0.29, 0.717) is 24.6 Å². The SMILES string of the molecule is Cc1noc(C)c1CN1CCN(C(=O)c2ccc(C(C)C)cc2O)CC1. The molecule has 1 aliphatic rings. The number of phenolic OH excluding ortho intramolecular Hbond substituents is 1. The molecule has 26 heavy (non-hydrogen) atoms. The van der Waals surface area contributed by atoms with Crippen molar-refractivity contribution in [2.75, 3.05) is 26.2 Å². The molecule has 1 aromatic carbocycles. The van der Waals surface area contributed by atoms with Gasteiger partial charge in [0.1, 0.15) is 11.5 Å². The maximum absolute atomic E-state index is 12.8. The minimum absolute atomic E-state index is 0.0688. The summed E-state index contributed by atoms with van der Waals surface area (Å²) in [5.74, 6) is 1.14. The minimum Gasteiger partial charge on any atom is -0.507 e. The Bertz CT molecular complexity index is 770. The Kier molecular flexibility index (Phi) is 5.32. The summed E-state index contributed by atoms with van der Waals surface area (Å²) >= 11 is 0. The number of piperazine rings is 1. The largest absolute Gasteiger partial charge is 0.507 e. The van der Waals surface area contributed by atoms with Crippen LogP contribution in [0.3, 0.4) is 0 Å². The molecule has 1 aliphatic heterocycles. The van der Waals surface area contributed by atoms with Crippen LogP contribution < -0.4 is 0 Å². The van der Waals surface area contributed by atoms with E-state index in [0.717, 1.165) is 42.2 Å². The fourth-order valence-corrected chi connectivity index (χ4v) is 3.32. The predicted molar refractivity (Wildman–Crippen MR) is 99.4 cm³/mol. The maximum atomic E-state index is 12.8. The van der Waals surface area contributed by atoms with Crippen molar-refractivity contribution in [2.45, 2.75) is 40.2 Å². The Balaban J connectivity index is 1.62. The summed E-state index contributed by atoms with van der Waals surface area (Å²) in [7, 11) is 0. The van der Waals surface area contributed by atoms with Gasteiger partial charge in [-0.3, -0.25) is 9.69 Å². The summed E-state index contributed by atoms with van der Waals surface area (Å²) in [6.07, 6.45) is 0. The van der Waals surface area contributed by atoms with Gasteiger partial charge in [0.05, 0.1) is 11.3 Å². The van der Waals surface area contributed by atoms with E-state index in [1.54, 1.807) is 12.1 Å². The molecule has 1 N–H and O–H groups in total. The normalized spacial score (nSPS) is 15.7. The Hall–Kier alpha value is -2.34. The van der Waals surface area contributed by atoms with Crippen molar-refractivity contribution >= 4 is 5.91 Å². The summed E-state index contributed by atoms with van der Waals surface area (Å²) < 4.78 is 5.22. The first-order valence-corrected chi connectivity index (χ1v) is 9.13. The number of amides is 1. The molecule has 6 nitrogen and oxygen atoms in total. The highest BCUT2D eigenvalue weighted by Crippen LogP contribution is 2.25. The number of aromatic nitrogens is 1. The lowest BCUT2D eigenvalue weighted by atomic mass is 10.0. The van der Waals surface area contributed by atoms with Crippen molar-refractivity contribution < 1.29 is 14.4 Å². The Morgan fingerprint density at radius 3 is 2.46 bits per heavy atom. The number of benzene rings is 1. The number of aryl methyl sites for hydroxylation is 2. The van der Waals surface area contributed by atoms with Gasteiger partial charge in [0.25, 0.3) is 5.91 Å². The summed E-state index contributed by atoms with van der Waals surface area (Å²) in [5, 5.41) is 14.2. The summed E-state index contributed by atoms with van der Waals surface area (Å²) in [6, 6.07) is 5.36. The van der Waals surface area contributed by atoms with Crippen molar-refractivity contribution in [1.82, 2.24) is 15.0 Å². The number of phenols is 1. The lowest BCUT2D eigenvalue weighted by Crippen LogP contribution is -2.48. The van der Waals surface area contributed by atoms with Gasteiger partial charge in [0.15, 0.2) is 0 Å². The van der Waals surface area contributed by atoms with Crippen molar-refractivity contribution in [3.63, 3.8) is 0 Å². The summed E-state index contributed by atoms with van der Waals surface area (Å²) in [4.78, 5) is 16.9. The van der Waals surface area contributed by atoms with Crippen LogP contribution >= 0.6 is 0 Å². The molecule has 2 heterocycles. The lowest BCUT2D eigenvalue weighted by Gasteiger charge is -2.34. The summed E-state index contributed by atoms with van der Waals surface area (Å²) in [6.45, 7) is 11.7. The van der Waals surface area contributed by atoms with E-state index in [4.69, 9.17) is 4.52 Å². The van der Waals surface area contributed by atoms with E-state index in [2.05, 4.69) is 23.9 Å². The van der Waals surface area contributed by atoms with Crippen molar-refractivity contribution in [3.05, 3.63) is 46.3 Å². The fraction of sp³-hybridized carbons (Fsp3) is 0.500. The van der Waals surface area contributed by atoms with Crippen molar-refractivity contribution in [3.8, 4) is 5.75 Å². The average Bonchev–Trinajstić information content (AvgIpc) is 2.93. The van der Waals surface area contributed by atoms with Crippen LogP contribution in [-0.4, -0.2) is 52.1 Å². The van der Waals surface area contributed by atoms with Gasteiger partial charge in [-0.05, 0) is 37.5 Å². The van der Waals surface area contributed by atoms with E-state index in [-0.39, 0.29) is 11.7 Å². The number of aromatic hydroxyl groups is 1. The van der Waals surface area contributed by atoms with Crippen LogP contribution in [0.25, 0.3) is 0 Å². The van der Waals surface area contributed by atoms with E-state index < -0.39 is 0 Å². The van der Waals surface area contributed by atoms with Gasteiger partial charge in [0, 0.05) is 38.3 Å². The first-order chi connectivity index (χ1) is 12.4. The Morgan fingerprint density at radius 1 is 1.23 bits per heavy atom. The number of nitrogens with zero attached hydrogens (tertiary/aromatic N) is 3. The third-order valence-corrected chi connectivity index (χ3v) is 5.14. The van der Waals surface area contributed by atoms with Gasteiger partial charge in [-0.15, -0.1) is 0 Å². The average molecular weight is 357 g/mol. The fourth-order valence-electron chi connectivity index (χ4n) is 3.32. The molecule has 1 aromatic heterocycles. The van der Waals surface area contributed by atoms with Gasteiger partial charge in [0.2, 0.25) is 0 Å². The topological polar surface area (TPSA) is 69.8 Å². The third kappa shape index (κ3) is 3.75. The maximum Gasteiger partial charge on any atom is 0.257 e. The molecular weight excluding hydrogens is 330 g/mol. The van der Waals surface area contributed by atoms with Crippen LogP contribution in [0.5, 0.6) is 5.75 Å². The van der Waals surface area contributed by atoms with Crippen LogP contribution in [0.15, 0.2) is 22.7 Å². The van der Waals surface area contributed by atoms with Gasteiger partial charge in [-0.1, -0.05) is 25.1 Å². The highest BCUT2D eigenvalue weighted by Gasteiger charge is 2.25. The third-order valence-electron chi connectivity index (χ3n) is 5.14. The molecule has 3 rings (SSSR count). The van der Waals surface area contributed by atoms with E-state index in [9.17, 15) is 9.90 Å². The highest BCUT2D eigenvalue weighted by atomic mass is 16.5. The molecule has 140 valence electrons. The number of carbonyl (C=O) groups is 1. The molecule has 0 bridgehead atoms. The smallest absolute Gasteiger partial charge is 0.257 e. The summed E-state index contributed by atoms with van der Waals surface area (Å²) in [5.41, 5.74) is 3.47. The zero-order valence-electron chi connectivity index (χ0n) is 16.0. The van der Waals surface area contributed by atoms with Gasteiger partial charge in [-0.2, -0.15) is 0 Å². The number of rotatable bonds is 4. The molecule has 1 amide bonds. The molecule has 0 atom stereocenters. The van der Waals surface area contributed by atoms with Crippen LogP contribution in [0.1, 0.15) is 52.7 Å². The van der Waals surface area contributed by atoms with Crippen molar-refractivity contribution in [1.29, 1.82) is 0 Å². The van der Waals surface area contributed by atoms with Crippen LogP contribution in [0.2, 0.25) is 0 Å². The van der Waals surface area contributed by atoms with E-state index in [1.807, 2.05) is 24.8 Å². The Labute approximate surface area is 154 Å². The molecular formula is C20H27N3O3. The first kappa shape index (κ1) is 18.5. The molecule has 0 spiro atoms. The van der Waals surface area contributed by atoms with E-state index >= 15 is 0 Å². The quantitative estimate of drug-likeness (QED) is 0.911. The van der Waals surface area contributed by atoms with Gasteiger partial charge in [-0.25, -0.2) is 0 Å². The van der Waals surface area contributed by atoms with E-state index in [1.165, 1.54) is 0 Å². The number of hydrogen-bond donors (Lipinski definition) is 1. The number of hydrogen-bond acceptors (Lipinski definition) is 5. The second kappa shape index (κ2) is 7.50. The zero-order valence-corrected chi connectivity index (χ0v) is 16.0. The zero-order chi connectivity index (χ0) is 18.8. The number of carbonyl (C=O) groups excluding carboxylic acids is 1. The molecule has 6 heteroatoms. The van der Waals surface area contributed by atoms with Gasteiger partial charge < -0.3 is 14.5 Å². The molecule has 0 radical (unpaired) electrons. The molecule has 1 fully saturated rings. The second-order valence-electron chi connectivity index (χ2n) is 7.30. The van der Waals surface area contributed by atoms with Crippen LogP contribution in [-0.2, 0) is 6.54 Å². The molecule has 0 saturated carbocycles. The van der Waals surface area contributed by atoms with Crippen molar-refractivity contribution in [2.24, 2.45) is 0 Å². The lowest BCUT2D eigenvalue weighted by molar-refractivity contribution is 0.0624. The molecule has 0 unspecified atom stereocenters. The highest BCUT2D eigenvalue weighted by molar-refractivity contribution is 5.97. The second-order valence-corrected chi connectivity index (χ2v) is 7.30. The molecule has 1 saturated heterocycles.